The minimum atomic E-state index is -4.94. The molecule has 0 aliphatic carbocycles. The van der Waals surface area contributed by atoms with E-state index in [4.69, 9.17) is 21.9 Å². The van der Waals surface area contributed by atoms with Gasteiger partial charge >= 0.3 is 46.7 Å². The van der Waals surface area contributed by atoms with Crippen molar-refractivity contribution in [3.8, 4) is 0 Å². The van der Waals surface area contributed by atoms with Gasteiger partial charge in [0.15, 0.2) is 0 Å². The molecule has 0 fully saturated rings. The van der Waals surface area contributed by atoms with Crippen LogP contribution in [0.2, 0.25) is 0 Å². The first-order valence-electron chi connectivity index (χ1n) is 0.740. The summed E-state index contributed by atoms with van der Waals surface area (Å²) in [6.45, 7) is 0. The average Bonchev–Trinajstić information content (AvgIpc) is 1.36. The summed E-state index contributed by atoms with van der Waals surface area (Å²) in [6.07, 6.45) is 0. The summed E-state index contributed by atoms with van der Waals surface area (Å²) in [4.78, 5) is 0. The van der Waals surface area contributed by atoms with E-state index in [2.05, 4.69) is 0 Å². The van der Waals surface area contributed by atoms with Crippen molar-refractivity contribution in [2.45, 2.75) is 0 Å². The van der Waals surface area contributed by atoms with E-state index < -0.39 is 10.2 Å². The van der Waals surface area contributed by atoms with E-state index in [9.17, 15) is 0 Å². The molecule has 0 aromatic heterocycles. The molecular formula is Ag2ClO5. The van der Waals surface area contributed by atoms with Crippen LogP contribution in [0, 0.1) is 10.2 Å². The molecule has 0 spiro atoms. The predicted molar refractivity (Wildman–Crippen MR) is 0.686 cm³/mol. The van der Waals surface area contributed by atoms with E-state index in [1.54, 1.807) is 21.0 Å². The number of halogens is 1. The number of rotatable bonds is 0. The summed E-state index contributed by atoms with van der Waals surface area (Å²) in [7, 11) is -4.94. The maximum atomic E-state index is 8.49. The topological polar surface area (TPSA) is 109 Å². The second kappa shape index (κ2) is 8.41. The molecule has 0 aromatic carbocycles. The molecule has 0 N–H and O–H groups in total. The second-order valence-electron chi connectivity index (χ2n) is 0.378. The molecule has 0 unspecified atom stereocenters. The Labute approximate surface area is 75.2 Å². The van der Waals surface area contributed by atoms with Crippen LogP contribution in [-0.4, -0.2) is 0 Å². The van der Waals surface area contributed by atoms with Crippen molar-refractivity contribution in [1.29, 1.82) is 0 Å². The number of hydrogen-bond acceptors (Lipinski definition) is 5. The van der Waals surface area contributed by atoms with Crippen LogP contribution in [0.25, 0.3) is 0 Å². The van der Waals surface area contributed by atoms with Gasteiger partial charge in [0, 0.05) is 0 Å². The summed E-state index contributed by atoms with van der Waals surface area (Å²) >= 11 is 1.70. The van der Waals surface area contributed by atoms with E-state index in [1.807, 2.05) is 0 Å². The zero-order valence-corrected chi connectivity index (χ0v) is 6.74. The van der Waals surface area contributed by atoms with E-state index in [0.29, 0.717) is 0 Å². The average molecular weight is 331 g/mol. The molecule has 0 aromatic rings. The van der Waals surface area contributed by atoms with Gasteiger partial charge in [0.05, 0.1) is 0 Å². The molecule has 0 bridgehead atoms. The molecule has 0 radical (unpaired) electrons. The van der Waals surface area contributed by atoms with Crippen LogP contribution < -0.4 is 18.6 Å². The monoisotopic (exact) mass is 329 g/mol. The quantitative estimate of drug-likeness (QED) is 0.414. The van der Waals surface area contributed by atoms with Crippen molar-refractivity contribution in [2.75, 3.05) is 0 Å². The Morgan fingerprint density at radius 1 is 1.00 bits per heavy atom. The standard InChI is InChI=1S/2Ag.ClHO4.O/c;;2-1(3,4)5;/h;;(H,2,3,4,5);/q;+1;;/p-1. The number of hydrogen-bond donors (Lipinski definition) is 0. The maximum absolute atomic E-state index is 8.49. The van der Waals surface area contributed by atoms with Crippen LogP contribution in [0.15, 0.2) is 0 Å². The third kappa shape index (κ3) is 153. The van der Waals surface area contributed by atoms with Gasteiger partial charge in [-0.1, -0.05) is 0 Å². The molecule has 0 amide bonds. The Bertz CT molecular complexity index is 34.2. The van der Waals surface area contributed by atoms with Gasteiger partial charge in [0.1, 0.15) is 0 Å². The molecule has 59 valence electrons. The van der Waals surface area contributed by atoms with Gasteiger partial charge < -0.3 is 0 Å². The van der Waals surface area contributed by atoms with Crippen LogP contribution in [0.4, 0.5) is 0 Å². The molecule has 0 heterocycles. The molecule has 0 rings (SSSR count). The van der Waals surface area contributed by atoms with Crippen LogP contribution in [0.1, 0.15) is 0 Å². The van der Waals surface area contributed by atoms with Gasteiger partial charge in [-0.25, -0.2) is 18.6 Å². The Kier molecular flexibility index (Phi) is 17.0. The summed E-state index contributed by atoms with van der Waals surface area (Å²) in [6, 6.07) is 0. The van der Waals surface area contributed by atoms with Gasteiger partial charge in [-0.05, 0) is 0 Å². The van der Waals surface area contributed by atoms with Crippen molar-refractivity contribution in [3.63, 3.8) is 0 Å². The van der Waals surface area contributed by atoms with Gasteiger partial charge in [0.25, 0.3) is 0 Å². The third-order valence-electron chi connectivity index (χ3n) is 0. The molecule has 8 heteroatoms. The summed E-state index contributed by atoms with van der Waals surface area (Å²) in [5.41, 5.74) is 0. The first-order chi connectivity index (χ1) is 3.00. The third-order valence-corrected chi connectivity index (χ3v) is 0. The van der Waals surface area contributed by atoms with Crippen LogP contribution in [0.5, 0.6) is 0 Å². The summed E-state index contributed by atoms with van der Waals surface area (Å²) in [5, 5.41) is 0. The Balaban J connectivity index is -0.0000000750. The fraction of sp³-hybridized carbons (Fsp3) is 0. The van der Waals surface area contributed by atoms with Crippen LogP contribution in [0.3, 0.4) is 0 Å². The molecule has 0 aliphatic rings. The predicted octanol–water partition coefficient (Wildman–Crippen LogP) is -4.88. The molecule has 0 saturated heterocycles. The Morgan fingerprint density at radius 3 is 1.00 bits per heavy atom. The van der Waals surface area contributed by atoms with E-state index in [1.165, 1.54) is 0 Å². The first kappa shape index (κ1) is 16.2. The van der Waals surface area contributed by atoms with Gasteiger partial charge in [-0.3, -0.25) is 0 Å². The fourth-order valence-corrected chi connectivity index (χ4v) is 0. The van der Waals surface area contributed by atoms with Crippen LogP contribution in [-0.2, 0) is 46.7 Å². The van der Waals surface area contributed by atoms with Crippen molar-refractivity contribution >= 4 is 0 Å². The van der Waals surface area contributed by atoms with Gasteiger partial charge in [0.2, 0.25) is 0 Å². The van der Waals surface area contributed by atoms with E-state index in [0.717, 1.165) is 0 Å². The normalized spacial score (nSPS) is 8.25. The minimum absolute atomic E-state index is 0. The van der Waals surface area contributed by atoms with Crippen molar-refractivity contribution in [1.82, 2.24) is 0 Å². The Hall–Kier alpha value is 1.41. The molecule has 8 heavy (non-hydrogen) atoms. The van der Waals surface area contributed by atoms with Gasteiger partial charge in [-0.15, -0.1) is 10.2 Å². The van der Waals surface area contributed by atoms with Crippen molar-refractivity contribution < 1.29 is 75.6 Å². The second-order valence-corrected chi connectivity index (χ2v) is 1.13. The van der Waals surface area contributed by atoms with Gasteiger partial charge in [-0.2, -0.15) is 0 Å². The molecule has 0 saturated carbocycles. The van der Waals surface area contributed by atoms with E-state index >= 15 is 0 Å². The zero-order valence-electron chi connectivity index (χ0n) is 3.02. The first-order valence-corrected chi connectivity index (χ1v) is 2.58. The van der Waals surface area contributed by atoms with Crippen LogP contribution >= 0.6 is 0 Å². The molecule has 0 atom stereocenters. The SMILES string of the molecule is [Ag+].[O-][Cl+3]([O-])([O-])[O-].[O]=[Ag]. The van der Waals surface area contributed by atoms with Crippen molar-refractivity contribution in [2.24, 2.45) is 0 Å². The van der Waals surface area contributed by atoms with E-state index in [-0.39, 0.29) is 22.4 Å². The molecule has 0 aliphatic heterocycles. The Morgan fingerprint density at radius 2 is 1.00 bits per heavy atom. The van der Waals surface area contributed by atoms with Crippen molar-refractivity contribution in [3.05, 3.63) is 0 Å². The fourth-order valence-electron chi connectivity index (χ4n) is 0. The molecule has 5 nitrogen and oxygen atoms in total. The summed E-state index contributed by atoms with van der Waals surface area (Å²) < 4.78 is 42.0. The zero-order chi connectivity index (χ0) is 6.50. The summed E-state index contributed by atoms with van der Waals surface area (Å²) in [5.74, 6) is 0. The molecular weight excluding hydrogens is 331 g/mol.